The fraction of sp³-hybridized carbons (Fsp3) is 0.267. The van der Waals surface area contributed by atoms with E-state index in [1.165, 1.54) is 45.0 Å². The van der Waals surface area contributed by atoms with Crippen molar-refractivity contribution in [1.82, 2.24) is 4.90 Å². The molecule has 1 amide bonds. The molecule has 5 rings (SSSR count). The zero-order valence-corrected chi connectivity index (χ0v) is 21.0. The maximum Gasteiger partial charge on any atom is 0.325 e. The smallest absolute Gasteiger partial charge is 0.325 e. The summed E-state index contributed by atoms with van der Waals surface area (Å²) in [5, 5.41) is 9.54. The van der Waals surface area contributed by atoms with Crippen molar-refractivity contribution in [3.05, 3.63) is 89.5 Å². The normalized spacial score (nSPS) is 16.5. The van der Waals surface area contributed by atoms with Crippen LogP contribution in [-0.2, 0) is 20.9 Å². The topological polar surface area (TPSA) is 82.7 Å². The standard InChI is InChI=1S/C30H32N4O3/c1-37-27(35)19-31-24-14-15-25-26(18-24)33-30(36)28(25)29(22-8-4-2-5-9-22)32-23-12-10-21(11-13-23)20-34-16-6-3-7-17-34/h2,4-5,8-15,18,31-32H,3,6-7,16-17,19-20H2,1H3,(H,33,36)/b29-28-. The van der Waals surface area contributed by atoms with Crippen molar-refractivity contribution in [2.24, 2.45) is 0 Å². The molecule has 0 unspecified atom stereocenters. The molecule has 1 fully saturated rings. The Morgan fingerprint density at radius 3 is 2.41 bits per heavy atom. The van der Waals surface area contributed by atoms with E-state index in [1.54, 1.807) is 0 Å². The number of esters is 1. The van der Waals surface area contributed by atoms with Gasteiger partial charge in [0.25, 0.3) is 5.91 Å². The van der Waals surface area contributed by atoms with E-state index >= 15 is 0 Å². The molecular weight excluding hydrogens is 464 g/mol. The maximum absolute atomic E-state index is 13.2. The van der Waals surface area contributed by atoms with Crippen LogP contribution in [0.2, 0.25) is 0 Å². The van der Waals surface area contributed by atoms with E-state index in [9.17, 15) is 9.59 Å². The van der Waals surface area contributed by atoms with Crippen LogP contribution in [0.1, 0.15) is 36.0 Å². The highest BCUT2D eigenvalue weighted by Gasteiger charge is 2.28. The van der Waals surface area contributed by atoms with Crippen molar-refractivity contribution >= 4 is 40.2 Å². The lowest BCUT2D eigenvalue weighted by Crippen LogP contribution is -2.29. The number of hydrogen-bond acceptors (Lipinski definition) is 6. The maximum atomic E-state index is 13.2. The Labute approximate surface area is 217 Å². The van der Waals surface area contributed by atoms with Crippen molar-refractivity contribution in [1.29, 1.82) is 0 Å². The van der Waals surface area contributed by atoms with Gasteiger partial charge >= 0.3 is 5.97 Å². The first-order valence-corrected chi connectivity index (χ1v) is 12.8. The highest BCUT2D eigenvalue weighted by Crippen LogP contribution is 2.39. The minimum atomic E-state index is -0.359. The van der Waals surface area contributed by atoms with Crippen LogP contribution in [0.5, 0.6) is 0 Å². The van der Waals surface area contributed by atoms with E-state index in [0.29, 0.717) is 11.3 Å². The van der Waals surface area contributed by atoms with Crippen LogP contribution in [0, 0.1) is 0 Å². The Bertz CT molecular complexity index is 1300. The quantitative estimate of drug-likeness (QED) is 0.294. The molecule has 2 aliphatic heterocycles. The number of ether oxygens (including phenoxy) is 1. The first-order chi connectivity index (χ1) is 18.1. The van der Waals surface area contributed by atoms with E-state index in [2.05, 4.69) is 45.1 Å². The van der Waals surface area contributed by atoms with Gasteiger partial charge in [0.1, 0.15) is 6.54 Å². The second-order valence-electron chi connectivity index (χ2n) is 9.42. The Hall–Kier alpha value is -4.10. The molecule has 7 nitrogen and oxygen atoms in total. The van der Waals surface area contributed by atoms with Gasteiger partial charge in [-0.1, -0.05) is 48.9 Å². The molecule has 0 spiro atoms. The van der Waals surface area contributed by atoms with Gasteiger partial charge < -0.3 is 20.7 Å². The molecule has 3 aromatic carbocycles. The number of carbonyl (C=O) groups is 2. The molecule has 3 N–H and O–H groups in total. The third-order valence-corrected chi connectivity index (χ3v) is 6.82. The summed E-state index contributed by atoms with van der Waals surface area (Å²) < 4.78 is 4.69. The highest BCUT2D eigenvalue weighted by molar-refractivity contribution is 6.37. The molecule has 190 valence electrons. The molecule has 0 aromatic heterocycles. The number of nitrogens with zero attached hydrogens (tertiary/aromatic N) is 1. The summed E-state index contributed by atoms with van der Waals surface area (Å²) in [7, 11) is 1.35. The highest BCUT2D eigenvalue weighted by atomic mass is 16.5. The fourth-order valence-corrected chi connectivity index (χ4v) is 4.87. The van der Waals surface area contributed by atoms with Gasteiger partial charge in [-0.05, 0) is 67.4 Å². The molecule has 0 aliphatic carbocycles. The minimum Gasteiger partial charge on any atom is -0.468 e. The molecular formula is C30H32N4O3. The molecule has 2 heterocycles. The number of likely N-dealkylation sites (tertiary alicyclic amines) is 1. The van der Waals surface area contributed by atoms with Gasteiger partial charge in [-0.15, -0.1) is 0 Å². The van der Waals surface area contributed by atoms with Gasteiger partial charge in [0, 0.05) is 23.5 Å². The second-order valence-corrected chi connectivity index (χ2v) is 9.42. The number of nitrogens with one attached hydrogen (secondary N) is 3. The summed E-state index contributed by atoms with van der Waals surface area (Å²) >= 11 is 0. The van der Waals surface area contributed by atoms with E-state index in [-0.39, 0.29) is 18.4 Å². The molecule has 0 radical (unpaired) electrons. The van der Waals surface area contributed by atoms with Crippen LogP contribution < -0.4 is 16.0 Å². The Morgan fingerprint density at radius 1 is 0.946 bits per heavy atom. The second kappa shape index (κ2) is 11.3. The number of fused-ring (bicyclic) bond motifs is 1. The number of hydrogen-bond donors (Lipinski definition) is 3. The molecule has 2 aliphatic rings. The van der Waals surface area contributed by atoms with Crippen LogP contribution in [0.4, 0.5) is 17.1 Å². The fourth-order valence-electron chi connectivity index (χ4n) is 4.87. The number of benzene rings is 3. The average Bonchev–Trinajstić information content (AvgIpc) is 3.27. The number of carbonyl (C=O) groups excluding carboxylic acids is 2. The molecule has 0 saturated carbocycles. The lowest BCUT2D eigenvalue weighted by atomic mass is 9.99. The lowest BCUT2D eigenvalue weighted by molar-refractivity contribution is -0.138. The van der Waals surface area contributed by atoms with E-state index < -0.39 is 0 Å². The van der Waals surface area contributed by atoms with E-state index in [4.69, 9.17) is 4.74 Å². The third-order valence-electron chi connectivity index (χ3n) is 6.82. The first-order valence-electron chi connectivity index (χ1n) is 12.8. The van der Waals surface area contributed by atoms with Crippen molar-refractivity contribution in [3.63, 3.8) is 0 Å². The number of piperidine rings is 1. The summed E-state index contributed by atoms with van der Waals surface area (Å²) in [6.07, 6.45) is 3.89. The van der Waals surface area contributed by atoms with Crippen molar-refractivity contribution < 1.29 is 14.3 Å². The molecule has 0 atom stereocenters. The Morgan fingerprint density at radius 2 is 1.68 bits per heavy atom. The van der Waals surface area contributed by atoms with Crippen LogP contribution in [0.15, 0.2) is 72.8 Å². The monoisotopic (exact) mass is 496 g/mol. The SMILES string of the molecule is COC(=O)CNc1ccc2c(c1)NC(=O)/C2=C(\Nc1ccc(CN2CCCCC2)cc1)c1ccccc1. The summed E-state index contributed by atoms with van der Waals surface area (Å²) in [4.78, 5) is 27.2. The van der Waals surface area contributed by atoms with Crippen molar-refractivity contribution in [2.45, 2.75) is 25.8 Å². The summed E-state index contributed by atoms with van der Waals surface area (Å²) in [5.74, 6) is -0.532. The van der Waals surface area contributed by atoms with Crippen LogP contribution in [-0.4, -0.2) is 43.5 Å². The van der Waals surface area contributed by atoms with Crippen molar-refractivity contribution in [3.8, 4) is 0 Å². The summed E-state index contributed by atoms with van der Waals surface area (Å²) in [6.45, 7) is 3.35. The zero-order chi connectivity index (χ0) is 25.6. The largest absolute Gasteiger partial charge is 0.468 e. The number of rotatable bonds is 8. The predicted molar refractivity (Wildman–Crippen MR) is 148 cm³/mol. The van der Waals surface area contributed by atoms with Gasteiger partial charge in [-0.3, -0.25) is 14.5 Å². The van der Waals surface area contributed by atoms with Gasteiger partial charge in [-0.25, -0.2) is 0 Å². The van der Waals surface area contributed by atoms with Crippen LogP contribution in [0.25, 0.3) is 11.3 Å². The summed E-state index contributed by atoms with van der Waals surface area (Å²) in [5.41, 5.74) is 6.69. The first kappa shape index (κ1) is 24.6. The molecule has 7 heteroatoms. The lowest BCUT2D eigenvalue weighted by Gasteiger charge is -2.26. The van der Waals surface area contributed by atoms with Gasteiger partial charge in [-0.2, -0.15) is 0 Å². The van der Waals surface area contributed by atoms with E-state index in [0.717, 1.165) is 34.7 Å². The summed E-state index contributed by atoms with van der Waals surface area (Å²) in [6, 6.07) is 24.0. The van der Waals surface area contributed by atoms with Crippen LogP contribution in [0.3, 0.4) is 0 Å². The number of amides is 1. The van der Waals surface area contributed by atoms with Crippen molar-refractivity contribution in [2.75, 3.05) is 42.7 Å². The van der Waals surface area contributed by atoms with E-state index in [1.807, 2.05) is 48.5 Å². The molecule has 37 heavy (non-hydrogen) atoms. The number of anilines is 3. The molecule has 0 bridgehead atoms. The van der Waals surface area contributed by atoms with Gasteiger partial charge in [0.15, 0.2) is 0 Å². The van der Waals surface area contributed by atoms with Gasteiger partial charge in [0.2, 0.25) is 0 Å². The zero-order valence-electron chi connectivity index (χ0n) is 21.0. The molecule has 1 saturated heterocycles. The molecule has 3 aromatic rings. The third kappa shape index (κ3) is 5.84. The Kier molecular flexibility index (Phi) is 7.51. The van der Waals surface area contributed by atoms with Crippen LogP contribution >= 0.6 is 0 Å². The Balaban J connectivity index is 1.43. The number of methoxy groups -OCH3 is 1. The van der Waals surface area contributed by atoms with Gasteiger partial charge in [0.05, 0.1) is 24.1 Å². The predicted octanol–water partition coefficient (Wildman–Crippen LogP) is 5.19. The average molecular weight is 497 g/mol. The minimum absolute atomic E-state index is 0.0521.